The number of ether oxygens (including phenoxy) is 2. The lowest BCUT2D eigenvalue weighted by Crippen LogP contribution is -2.23. The van der Waals surface area contributed by atoms with Crippen molar-refractivity contribution in [3.05, 3.63) is 87.2 Å². The zero-order chi connectivity index (χ0) is 23.2. The van der Waals surface area contributed by atoms with E-state index in [0.717, 1.165) is 5.56 Å². The van der Waals surface area contributed by atoms with Gasteiger partial charge in [0.2, 0.25) is 0 Å². The Kier molecular flexibility index (Phi) is 5.50. The summed E-state index contributed by atoms with van der Waals surface area (Å²) >= 11 is 3.38. The Bertz CT molecular complexity index is 1520. The molecule has 0 N–H and O–H groups in total. The van der Waals surface area contributed by atoms with Gasteiger partial charge < -0.3 is 13.9 Å². The molecule has 3 aromatic carbocycles. The van der Waals surface area contributed by atoms with Crippen molar-refractivity contribution < 1.29 is 22.3 Å². The Hall–Kier alpha value is -3.10. The van der Waals surface area contributed by atoms with E-state index in [4.69, 9.17) is 13.9 Å². The number of hydrogen-bond acceptors (Lipinski definition) is 6. The highest BCUT2D eigenvalue weighted by Crippen LogP contribution is 2.39. The second-order valence-electron chi connectivity index (χ2n) is 7.79. The third-order valence-corrected chi connectivity index (χ3v) is 8.06. The molecular weight excluding hydrogens is 508 g/mol. The molecule has 0 aliphatic carbocycles. The molecule has 1 atom stereocenters. The van der Waals surface area contributed by atoms with E-state index >= 15 is 0 Å². The van der Waals surface area contributed by atoms with Crippen molar-refractivity contribution in [2.45, 2.75) is 10.8 Å². The van der Waals surface area contributed by atoms with Gasteiger partial charge in [-0.15, -0.1) is 0 Å². The zero-order valence-electron chi connectivity index (χ0n) is 17.6. The van der Waals surface area contributed by atoms with Crippen LogP contribution in [-0.4, -0.2) is 27.9 Å². The first-order valence-corrected chi connectivity index (χ1v) is 12.7. The number of benzene rings is 3. The summed E-state index contributed by atoms with van der Waals surface area (Å²) in [5, 5.41) is 0.532. The summed E-state index contributed by atoms with van der Waals surface area (Å²) in [4.78, 5) is 12.8. The topological polar surface area (TPSA) is 82.8 Å². The maximum Gasteiger partial charge on any atom is 0.355 e. The van der Waals surface area contributed by atoms with Crippen LogP contribution < -0.4 is 15.1 Å². The molecule has 0 bridgehead atoms. The van der Waals surface area contributed by atoms with Crippen molar-refractivity contribution in [1.82, 2.24) is 0 Å². The molecule has 1 unspecified atom stereocenters. The van der Waals surface area contributed by atoms with Gasteiger partial charge >= 0.3 is 5.63 Å². The Morgan fingerprint density at radius 2 is 1.82 bits per heavy atom. The van der Waals surface area contributed by atoms with Crippen molar-refractivity contribution in [1.29, 1.82) is 0 Å². The molecule has 2 heterocycles. The standard InChI is InChI=1S/C25H19BrO6S/c1-30-18-9-6-15(7-10-18)23-20-11-8-17(26)12-22(20)32-25(27)24(23)33(28,29)14-16-13-31-21-5-3-2-4-19(16)21/h2-12,16H,13-14H2,1H3. The third kappa shape index (κ3) is 3.94. The molecule has 0 radical (unpaired) electrons. The molecule has 1 aromatic heterocycles. The Morgan fingerprint density at radius 1 is 1.06 bits per heavy atom. The van der Waals surface area contributed by atoms with Crippen LogP contribution >= 0.6 is 15.9 Å². The predicted octanol–water partition coefficient (Wildman–Crippen LogP) is 5.18. The van der Waals surface area contributed by atoms with Crippen LogP contribution in [0.2, 0.25) is 0 Å². The minimum atomic E-state index is -4.04. The predicted molar refractivity (Wildman–Crippen MR) is 129 cm³/mol. The Labute approximate surface area is 198 Å². The third-order valence-electron chi connectivity index (χ3n) is 5.74. The lowest BCUT2D eigenvalue weighted by molar-refractivity contribution is 0.337. The summed E-state index contributed by atoms with van der Waals surface area (Å²) in [7, 11) is -2.49. The van der Waals surface area contributed by atoms with Crippen LogP contribution in [0.3, 0.4) is 0 Å². The molecule has 8 heteroatoms. The number of hydrogen-bond donors (Lipinski definition) is 0. The summed E-state index contributed by atoms with van der Waals surface area (Å²) in [6, 6.07) is 19.5. The van der Waals surface area contributed by atoms with Gasteiger partial charge in [-0.2, -0.15) is 0 Å². The first-order valence-electron chi connectivity index (χ1n) is 10.2. The maximum absolute atomic E-state index is 13.7. The average molecular weight is 527 g/mol. The number of rotatable bonds is 5. The molecule has 5 rings (SSSR count). The lowest BCUT2D eigenvalue weighted by Gasteiger charge is -2.15. The SMILES string of the molecule is COc1ccc(-c2c(S(=O)(=O)CC3COc4ccccc43)c(=O)oc3cc(Br)ccc23)cc1. The summed E-state index contributed by atoms with van der Waals surface area (Å²) < 4.78 is 44.5. The largest absolute Gasteiger partial charge is 0.497 e. The van der Waals surface area contributed by atoms with E-state index in [0.29, 0.717) is 38.1 Å². The second kappa shape index (κ2) is 8.35. The fourth-order valence-electron chi connectivity index (χ4n) is 4.20. The zero-order valence-corrected chi connectivity index (χ0v) is 20.0. The first-order chi connectivity index (χ1) is 15.9. The van der Waals surface area contributed by atoms with Gasteiger partial charge in [0.15, 0.2) is 14.7 Å². The minimum absolute atomic E-state index is 0.238. The highest BCUT2D eigenvalue weighted by Gasteiger charge is 2.34. The van der Waals surface area contributed by atoms with Gasteiger partial charge in [-0.25, -0.2) is 13.2 Å². The molecule has 6 nitrogen and oxygen atoms in total. The van der Waals surface area contributed by atoms with E-state index in [1.165, 1.54) is 0 Å². The van der Waals surface area contributed by atoms with Gasteiger partial charge in [-0.1, -0.05) is 46.3 Å². The quantitative estimate of drug-likeness (QED) is 0.333. The van der Waals surface area contributed by atoms with Crippen LogP contribution in [-0.2, 0) is 9.84 Å². The van der Waals surface area contributed by atoms with Crippen molar-refractivity contribution in [3.8, 4) is 22.6 Å². The molecule has 168 valence electrons. The molecule has 0 amide bonds. The van der Waals surface area contributed by atoms with Crippen molar-refractivity contribution in [3.63, 3.8) is 0 Å². The van der Waals surface area contributed by atoms with Crippen LogP contribution in [0.1, 0.15) is 11.5 Å². The lowest BCUT2D eigenvalue weighted by atomic mass is 10.0. The van der Waals surface area contributed by atoms with Crippen molar-refractivity contribution >= 4 is 36.7 Å². The molecule has 0 saturated heterocycles. The van der Waals surface area contributed by atoms with Crippen LogP contribution in [0, 0.1) is 0 Å². The molecule has 0 saturated carbocycles. The van der Waals surface area contributed by atoms with E-state index in [-0.39, 0.29) is 23.2 Å². The van der Waals surface area contributed by atoms with E-state index in [1.54, 1.807) is 49.6 Å². The van der Waals surface area contributed by atoms with Crippen LogP contribution in [0.25, 0.3) is 22.1 Å². The molecule has 1 aliphatic heterocycles. The number of sulfone groups is 1. The minimum Gasteiger partial charge on any atom is -0.497 e. The van der Waals surface area contributed by atoms with Crippen molar-refractivity contribution in [2.24, 2.45) is 0 Å². The highest BCUT2D eigenvalue weighted by molar-refractivity contribution is 9.10. The molecule has 0 spiro atoms. The number of fused-ring (bicyclic) bond motifs is 2. The van der Waals surface area contributed by atoms with E-state index in [9.17, 15) is 13.2 Å². The number of methoxy groups -OCH3 is 1. The van der Waals surface area contributed by atoms with Gasteiger partial charge in [0.1, 0.15) is 17.1 Å². The van der Waals surface area contributed by atoms with Crippen LogP contribution in [0.15, 0.2) is 85.3 Å². The molecule has 33 heavy (non-hydrogen) atoms. The highest BCUT2D eigenvalue weighted by atomic mass is 79.9. The van der Waals surface area contributed by atoms with Crippen LogP contribution in [0.5, 0.6) is 11.5 Å². The number of halogens is 1. The van der Waals surface area contributed by atoms with E-state index in [2.05, 4.69) is 15.9 Å². The Morgan fingerprint density at radius 3 is 2.58 bits per heavy atom. The fraction of sp³-hybridized carbons (Fsp3) is 0.160. The first kappa shape index (κ1) is 21.7. The molecule has 0 fully saturated rings. The van der Waals surface area contributed by atoms with Gasteiger partial charge in [0.05, 0.1) is 19.5 Å². The second-order valence-corrected chi connectivity index (χ2v) is 10.7. The number of para-hydroxylation sites is 1. The summed E-state index contributed by atoms with van der Waals surface area (Å²) in [5.41, 5.74) is 1.13. The van der Waals surface area contributed by atoms with Gasteiger partial charge in [-0.3, -0.25) is 0 Å². The molecule has 4 aromatic rings. The normalized spacial score (nSPS) is 15.3. The molecular formula is C25H19BrO6S. The maximum atomic E-state index is 13.7. The monoisotopic (exact) mass is 526 g/mol. The van der Waals surface area contributed by atoms with Crippen LogP contribution in [0.4, 0.5) is 0 Å². The molecule has 1 aliphatic rings. The summed E-state index contributed by atoms with van der Waals surface area (Å²) in [6.45, 7) is 0.238. The summed E-state index contributed by atoms with van der Waals surface area (Å²) in [6.07, 6.45) is 0. The van der Waals surface area contributed by atoms with Crippen molar-refractivity contribution in [2.75, 3.05) is 19.5 Å². The van der Waals surface area contributed by atoms with Gasteiger partial charge in [0, 0.05) is 26.9 Å². The van der Waals surface area contributed by atoms with E-state index < -0.39 is 15.5 Å². The Balaban J connectivity index is 1.71. The van der Waals surface area contributed by atoms with Gasteiger partial charge in [-0.05, 0) is 42.0 Å². The smallest absolute Gasteiger partial charge is 0.355 e. The summed E-state index contributed by atoms with van der Waals surface area (Å²) in [5.74, 6) is 0.649. The average Bonchev–Trinajstić information content (AvgIpc) is 3.20. The van der Waals surface area contributed by atoms with E-state index in [1.807, 2.05) is 24.3 Å². The van der Waals surface area contributed by atoms with Gasteiger partial charge in [0.25, 0.3) is 0 Å². The fourth-order valence-corrected chi connectivity index (χ4v) is 6.35.